The van der Waals surface area contributed by atoms with Gasteiger partial charge in [-0.2, -0.15) is 9.78 Å². The van der Waals surface area contributed by atoms with Crippen LogP contribution in [0.3, 0.4) is 0 Å². The van der Waals surface area contributed by atoms with Crippen LogP contribution in [0, 0.1) is 6.92 Å². The van der Waals surface area contributed by atoms with Crippen LogP contribution in [0.15, 0.2) is 76.6 Å². The summed E-state index contributed by atoms with van der Waals surface area (Å²) in [6, 6.07) is 19.7. The van der Waals surface area contributed by atoms with Gasteiger partial charge in [-0.05, 0) is 73.4 Å². The van der Waals surface area contributed by atoms with E-state index in [1.165, 1.54) is 18.0 Å². The van der Waals surface area contributed by atoms with E-state index in [0.717, 1.165) is 28.0 Å². The molecule has 232 valence electrons. The number of halogens is 3. The molecule has 0 radical (unpaired) electrons. The summed E-state index contributed by atoms with van der Waals surface area (Å²) in [4.78, 5) is 18.9. The number of hydrogen-bond donors (Lipinski definition) is 0. The molecule has 1 heterocycles. The molecule has 0 fully saturated rings. The fourth-order valence-corrected chi connectivity index (χ4v) is 5.66. The Labute approximate surface area is 276 Å². The van der Waals surface area contributed by atoms with E-state index in [9.17, 15) is 4.79 Å². The second-order valence-corrected chi connectivity index (χ2v) is 11.9. The molecule has 0 aliphatic heterocycles. The summed E-state index contributed by atoms with van der Waals surface area (Å²) >= 11 is 18.9. The van der Waals surface area contributed by atoms with Crippen LogP contribution >= 0.6 is 34.8 Å². The molecular formula is C35H32Cl3N3O4. The minimum absolute atomic E-state index is 0.126. The maximum atomic E-state index is 14.0. The Morgan fingerprint density at radius 1 is 0.956 bits per heavy atom. The predicted molar refractivity (Wildman–Crippen MR) is 183 cm³/mol. The summed E-state index contributed by atoms with van der Waals surface area (Å²) in [6.45, 7) is 8.79. The van der Waals surface area contributed by atoms with E-state index in [4.69, 9.17) is 54.0 Å². The molecule has 5 rings (SSSR count). The number of aryl methyl sites for hydroxylation is 1. The number of aromatic nitrogens is 2. The highest BCUT2D eigenvalue weighted by molar-refractivity contribution is 6.35. The first kappa shape index (κ1) is 32.4. The first-order valence-electron chi connectivity index (χ1n) is 14.4. The smallest absolute Gasteiger partial charge is 0.282 e. The van der Waals surface area contributed by atoms with Crippen LogP contribution in [-0.2, 0) is 6.61 Å². The van der Waals surface area contributed by atoms with Crippen LogP contribution in [0.4, 0.5) is 0 Å². The van der Waals surface area contributed by atoms with Crippen LogP contribution < -0.4 is 19.8 Å². The third-order valence-corrected chi connectivity index (χ3v) is 8.05. The Hall–Kier alpha value is -4.04. The van der Waals surface area contributed by atoms with Crippen molar-refractivity contribution >= 4 is 51.9 Å². The molecule has 0 saturated heterocycles. The first-order valence-corrected chi connectivity index (χ1v) is 15.5. The lowest BCUT2D eigenvalue weighted by atomic mass is 9.96. The zero-order chi connectivity index (χ0) is 32.2. The number of nitrogens with zero attached hydrogens (tertiary/aromatic N) is 3. The van der Waals surface area contributed by atoms with Crippen molar-refractivity contribution in [3.63, 3.8) is 0 Å². The zero-order valence-electron chi connectivity index (χ0n) is 25.5. The Bertz CT molecular complexity index is 1970. The van der Waals surface area contributed by atoms with Crippen molar-refractivity contribution in [2.24, 2.45) is 5.10 Å². The lowest BCUT2D eigenvalue weighted by Crippen LogP contribution is -2.21. The number of methoxy groups -OCH3 is 1. The fourth-order valence-electron chi connectivity index (χ4n) is 4.98. The Balaban J connectivity index is 1.67. The number of para-hydroxylation sites is 1. The van der Waals surface area contributed by atoms with Gasteiger partial charge in [0, 0.05) is 37.8 Å². The molecule has 45 heavy (non-hydrogen) atoms. The minimum atomic E-state index is -0.323. The van der Waals surface area contributed by atoms with Crippen LogP contribution in [-0.4, -0.2) is 29.6 Å². The molecule has 0 aliphatic rings. The highest BCUT2D eigenvalue weighted by atomic mass is 35.5. The summed E-state index contributed by atoms with van der Waals surface area (Å²) in [7, 11) is 1.52. The van der Waals surface area contributed by atoms with E-state index >= 15 is 0 Å². The van der Waals surface area contributed by atoms with Gasteiger partial charge in [-0.3, -0.25) is 4.79 Å². The van der Waals surface area contributed by atoms with Crippen molar-refractivity contribution in [3.8, 4) is 28.6 Å². The van der Waals surface area contributed by atoms with Gasteiger partial charge in [0.1, 0.15) is 12.4 Å². The van der Waals surface area contributed by atoms with Crippen LogP contribution in [0.25, 0.3) is 22.3 Å². The van der Waals surface area contributed by atoms with Gasteiger partial charge in [0.15, 0.2) is 17.3 Å². The lowest BCUT2D eigenvalue weighted by molar-refractivity contribution is 0.284. The molecule has 4 aromatic carbocycles. The van der Waals surface area contributed by atoms with E-state index in [1.54, 1.807) is 42.5 Å². The van der Waals surface area contributed by atoms with E-state index in [2.05, 4.69) is 18.9 Å². The monoisotopic (exact) mass is 663 g/mol. The van der Waals surface area contributed by atoms with Crippen molar-refractivity contribution in [2.75, 3.05) is 13.7 Å². The van der Waals surface area contributed by atoms with Gasteiger partial charge in [-0.1, -0.05) is 66.8 Å². The van der Waals surface area contributed by atoms with E-state index in [1.807, 2.05) is 38.1 Å². The topological polar surface area (TPSA) is 74.9 Å². The van der Waals surface area contributed by atoms with Gasteiger partial charge < -0.3 is 14.2 Å². The third kappa shape index (κ3) is 6.96. The molecule has 0 bridgehead atoms. The van der Waals surface area contributed by atoms with Gasteiger partial charge >= 0.3 is 0 Å². The van der Waals surface area contributed by atoms with Gasteiger partial charge in [-0.15, -0.1) is 0 Å². The van der Waals surface area contributed by atoms with Crippen molar-refractivity contribution in [1.29, 1.82) is 0 Å². The molecule has 1 aromatic heterocycles. The van der Waals surface area contributed by atoms with Crippen LogP contribution in [0.1, 0.15) is 48.9 Å². The van der Waals surface area contributed by atoms with E-state index in [0.29, 0.717) is 55.5 Å². The predicted octanol–water partition coefficient (Wildman–Crippen LogP) is 9.32. The Morgan fingerprint density at radius 2 is 1.73 bits per heavy atom. The summed E-state index contributed by atoms with van der Waals surface area (Å²) in [5, 5.41) is 6.51. The maximum absolute atomic E-state index is 14.0. The second-order valence-electron chi connectivity index (χ2n) is 10.7. The van der Waals surface area contributed by atoms with Crippen LogP contribution in [0.5, 0.6) is 17.2 Å². The van der Waals surface area contributed by atoms with Gasteiger partial charge in [0.05, 0.1) is 30.8 Å². The second kappa shape index (κ2) is 13.9. The Morgan fingerprint density at radius 3 is 2.44 bits per heavy atom. The van der Waals surface area contributed by atoms with E-state index < -0.39 is 0 Å². The number of rotatable bonds is 10. The van der Waals surface area contributed by atoms with Gasteiger partial charge in [0.25, 0.3) is 5.56 Å². The Kier molecular flexibility index (Phi) is 10.0. The fraction of sp³-hybridized carbons (Fsp3) is 0.229. The summed E-state index contributed by atoms with van der Waals surface area (Å²) in [5.74, 6) is 2.13. The van der Waals surface area contributed by atoms with E-state index in [-0.39, 0.29) is 18.1 Å². The van der Waals surface area contributed by atoms with Crippen molar-refractivity contribution in [2.45, 2.75) is 40.2 Å². The lowest BCUT2D eigenvalue weighted by Gasteiger charge is -2.18. The number of ether oxygens (including phenoxy) is 3. The van der Waals surface area contributed by atoms with Crippen molar-refractivity contribution in [3.05, 3.63) is 114 Å². The van der Waals surface area contributed by atoms with Gasteiger partial charge in [0.2, 0.25) is 0 Å². The number of hydrogen-bond acceptors (Lipinski definition) is 6. The molecule has 0 spiro atoms. The normalized spacial score (nSPS) is 11.5. The number of benzene rings is 4. The molecule has 0 unspecified atom stereocenters. The molecule has 0 N–H and O–H groups in total. The summed E-state index contributed by atoms with van der Waals surface area (Å²) in [5.41, 5.74) is 4.12. The molecule has 0 atom stereocenters. The standard InChI is InChI=1S/C35H32Cl3N3O4/c1-6-44-31-13-21(4)28(17-27(31)20(2)3)34-40-30-10-8-7-9-26(30)35(42)41(34)39-18-23-14-25(37)16-32(43-5)33(23)45-19-22-11-12-24(36)15-29(22)38/h7-18,20H,6,19H2,1-5H3. The molecule has 10 heteroatoms. The maximum Gasteiger partial charge on any atom is 0.282 e. The molecule has 7 nitrogen and oxygen atoms in total. The molecule has 5 aromatic rings. The highest BCUT2D eigenvalue weighted by Crippen LogP contribution is 2.36. The third-order valence-electron chi connectivity index (χ3n) is 7.24. The van der Waals surface area contributed by atoms with Gasteiger partial charge in [-0.25, -0.2) is 4.98 Å². The molecular weight excluding hydrogens is 633 g/mol. The highest BCUT2D eigenvalue weighted by Gasteiger charge is 2.19. The summed E-state index contributed by atoms with van der Waals surface area (Å²) in [6.07, 6.45) is 1.52. The van der Waals surface area contributed by atoms with Crippen molar-refractivity contribution < 1.29 is 14.2 Å². The average molecular weight is 665 g/mol. The summed E-state index contributed by atoms with van der Waals surface area (Å²) < 4.78 is 19.0. The molecule has 0 aliphatic carbocycles. The zero-order valence-corrected chi connectivity index (χ0v) is 27.8. The average Bonchev–Trinajstić information content (AvgIpc) is 3.00. The SMILES string of the molecule is CCOc1cc(C)c(-c2nc3ccccc3c(=O)n2N=Cc2cc(Cl)cc(OC)c2OCc2ccc(Cl)cc2Cl)cc1C(C)C. The quantitative estimate of drug-likeness (QED) is 0.139. The molecule has 0 amide bonds. The van der Waals surface area contributed by atoms with Crippen molar-refractivity contribution in [1.82, 2.24) is 9.66 Å². The van der Waals surface area contributed by atoms with Crippen LogP contribution in [0.2, 0.25) is 15.1 Å². The largest absolute Gasteiger partial charge is 0.494 e. The first-order chi connectivity index (χ1) is 21.6. The number of fused-ring (bicyclic) bond motifs is 1. The molecule has 0 saturated carbocycles. The minimum Gasteiger partial charge on any atom is -0.494 e.